The lowest BCUT2D eigenvalue weighted by Gasteiger charge is -2.28. The number of rotatable bonds is 3. The molecule has 0 spiro atoms. The fourth-order valence-electron chi connectivity index (χ4n) is 2.94. The zero-order valence-corrected chi connectivity index (χ0v) is 11.5. The predicted molar refractivity (Wildman–Crippen MR) is 75.5 cm³/mol. The van der Waals surface area contributed by atoms with Gasteiger partial charge in [-0.1, -0.05) is 24.3 Å². The molecule has 0 saturated carbocycles. The van der Waals surface area contributed by atoms with E-state index in [0.717, 1.165) is 24.6 Å². The van der Waals surface area contributed by atoms with E-state index in [1.807, 2.05) is 26.0 Å². The van der Waals surface area contributed by atoms with E-state index in [9.17, 15) is 0 Å². The first-order valence-corrected chi connectivity index (χ1v) is 6.78. The molecule has 0 radical (unpaired) electrons. The lowest BCUT2D eigenvalue weighted by atomic mass is 10.1. The maximum Gasteiger partial charge on any atom is 0.122 e. The van der Waals surface area contributed by atoms with E-state index in [1.54, 1.807) is 0 Å². The zero-order valence-electron chi connectivity index (χ0n) is 11.5. The lowest BCUT2D eigenvalue weighted by Crippen LogP contribution is -2.36. The highest BCUT2D eigenvalue weighted by molar-refractivity contribution is 5.31. The minimum atomic E-state index is 0.0415. The lowest BCUT2D eigenvalue weighted by molar-refractivity contribution is 0.154. The molecular formula is C16H20N2O. The molecule has 1 aliphatic heterocycles. The fraction of sp³-hybridized carbons (Fsp3) is 0.375. The molecular weight excluding hydrogens is 236 g/mol. The van der Waals surface area contributed by atoms with Gasteiger partial charge >= 0.3 is 0 Å². The van der Waals surface area contributed by atoms with Crippen LogP contribution in [0.25, 0.3) is 0 Å². The van der Waals surface area contributed by atoms with Gasteiger partial charge in [0.15, 0.2) is 0 Å². The number of fused-ring (bicyclic) bond motifs is 1. The molecule has 2 N–H and O–H groups in total. The molecule has 0 bridgehead atoms. The Hall–Kier alpha value is -1.58. The fourth-order valence-corrected chi connectivity index (χ4v) is 2.94. The summed E-state index contributed by atoms with van der Waals surface area (Å²) in [7, 11) is 0. The van der Waals surface area contributed by atoms with Crippen LogP contribution in [0.4, 0.5) is 0 Å². The maximum absolute atomic E-state index is 6.19. The molecule has 0 amide bonds. The summed E-state index contributed by atoms with van der Waals surface area (Å²) in [5, 5.41) is 0. The van der Waals surface area contributed by atoms with Crippen molar-refractivity contribution in [2.24, 2.45) is 5.73 Å². The van der Waals surface area contributed by atoms with Crippen molar-refractivity contribution < 1.29 is 4.42 Å². The highest BCUT2D eigenvalue weighted by atomic mass is 16.3. The van der Waals surface area contributed by atoms with Gasteiger partial charge in [-0.25, -0.2) is 0 Å². The maximum atomic E-state index is 6.19. The molecule has 0 aliphatic carbocycles. The third kappa shape index (κ3) is 2.31. The summed E-state index contributed by atoms with van der Waals surface area (Å²) >= 11 is 0. The molecule has 2 aromatic rings. The van der Waals surface area contributed by atoms with E-state index in [4.69, 9.17) is 10.2 Å². The molecule has 1 aliphatic rings. The van der Waals surface area contributed by atoms with Gasteiger partial charge in [-0.15, -0.1) is 0 Å². The van der Waals surface area contributed by atoms with Crippen LogP contribution in [0, 0.1) is 6.92 Å². The first-order valence-electron chi connectivity index (χ1n) is 6.78. The van der Waals surface area contributed by atoms with Crippen LogP contribution in [0.3, 0.4) is 0 Å². The van der Waals surface area contributed by atoms with Crippen molar-refractivity contribution in [3.63, 3.8) is 0 Å². The third-order valence-electron chi connectivity index (χ3n) is 3.81. The van der Waals surface area contributed by atoms with Crippen LogP contribution in [0.1, 0.15) is 35.6 Å². The monoisotopic (exact) mass is 256 g/mol. The number of benzene rings is 1. The van der Waals surface area contributed by atoms with Crippen molar-refractivity contribution in [1.82, 2.24) is 4.90 Å². The summed E-state index contributed by atoms with van der Waals surface area (Å²) < 4.78 is 5.80. The molecule has 1 aromatic heterocycles. The summed E-state index contributed by atoms with van der Waals surface area (Å²) in [6, 6.07) is 12.8. The van der Waals surface area contributed by atoms with E-state index in [1.165, 1.54) is 11.1 Å². The summed E-state index contributed by atoms with van der Waals surface area (Å²) in [5.74, 6) is 1.91. The highest BCUT2D eigenvalue weighted by Gasteiger charge is 2.31. The van der Waals surface area contributed by atoms with Gasteiger partial charge in [0.25, 0.3) is 0 Å². The summed E-state index contributed by atoms with van der Waals surface area (Å²) in [6.07, 6.45) is 0. The normalized spacial score (nSPS) is 18.3. The number of nitrogens with two attached hydrogens (primary N) is 1. The number of aryl methyl sites for hydroxylation is 1. The Kier molecular flexibility index (Phi) is 3.17. The average Bonchev–Trinajstić information content (AvgIpc) is 2.95. The molecule has 3 rings (SSSR count). The van der Waals surface area contributed by atoms with E-state index in [-0.39, 0.29) is 12.1 Å². The number of hydrogen-bond acceptors (Lipinski definition) is 3. The van der Waals surface area contributed by atoms with Gasteiger partial charge in [-0.05, 0) is 37.1 Å². The Labute approximate surface area is 114 Å². The van der Waals surface area contributed by atoms with Gasteiger partial charge in [0.05, 0.1) is 6.04 Å². The van der Waals surface area contributed by atoms with Crippen molar-refractivity contribution in [2.45, 2.75) is 39.0 Å². The van der Waals surface area contributed by atoms with Crippen LogP contribution in [0.5, 0.6) is 0 Å². The van der Waals surface area contributed by atoms with Crippen LogP contribution < -0.4 is 5.73 Å². The first kappa shape index (κ1) is 12.5. The number of nitrogens with zero attached hydrogens (tertiary/aromatic N) is 1. The number of furan rings is 1. The smallest absolute Gasteiger partial charge is 0.122 e. The van der Waals surface area contributed by atoms with Crippen LogP contribution in [-0.2, 0) is 13.1 Å². The Morgan fingerprint density at radius 2 is 1.74 bits per heavy atom. The SMILES string of the molecule is Cc1ccc(C(C(C)N)N2Cc3ccccc3C2)o1. The van der Waals surface area contributed by atoms with Gasteiger partial charge in [-0.3, -0.25) is 4.90 Å². The largest absolute Gasteiger partial charge is 0.465 e. The van der Waals surface area contributed by atoms with Gasteiger partial charge < -0.3 is 10.2 Å². The molecule has 2 unspecified atom stereocenters. The molecule has 1 aromatic carbocycles. The van der Waals surface area contributed by atoms with Gasteiger partial charge in [-0.2, -0.15) is 0 Å². The molecule has 100 valence electrons. The highest BCUT2D eigenvalue weighted by Crippen LogP contribution is 2.33. The van der Waals surface area contributed by atoms with Crippen molar-refractivity contribution >= 4 is 0 Å². The summed E-state index contributed by atoms with van der Waals surface area (Å²) in [4.78, 5) is 2.40. The van der Waals surface area contributed by atoms with Crippen molar-refractivity contribution in [3.8, 4) is 0 Å². The molecule has 19 heavy (non-hydrogen) atoms. The second-order valence-electron chi connectivity index (χ2n) is 5.43. The van der Waals surface area contributed by atoms with Crippen LogP contribution in [-0.4, -0.2) is 10.9 Å². The standard InChI is InChI=1S/C16H20N2O/c1-11-7-8-15(19-11)16(12(2)17)18-9-13-5-3-4-6-14(13)10-18/h3-8,12,16H,9-10,17H2,1-2H3. The quantitative estimate of drug-likeness (QED) is 0.918. The van der Waals surface area contributed by atoms with Crippen LogP contribution >= 0.6 is 0 Å². The van der Waals surface area contributed by atoms with Gasteiger partial charge in [0, 0.05) is 19.1 Å². The zero-order chi connectivity index (χ0) is 13.4. The molecule has 3 heteroatoms. The van der Waals surface area contributed by atoms with E-state index in [0.29, 0.717) is 0 Å². The Balaban J connectivity index is 1.88. The molecule has 2 heterocycles. The predicted octanol–water partition coefficient (Wildman–Crippen LogP) is 2.99. The van der Waals surface area contributed by atoms with Crippen molar-refractivity contribution in [2.75, 3.05) is 0 Å². The Morgan fingerprint density at radius 3 is 2.21 bits per heavy atom. The van der Waals surface area contributed by atoms with E-state index in [2.05, 4.69) is 29.2 Å². The van der Waals surface area contributed by atoms with Gasteiger partial charge in [0.1, 0.15) is 11.5 Å². The Morgan fingerprint density at radius 1 is 1.11 bits per heavy atom. The van der Waals surface area contributed by atoms with E-state index < -0.39 is 0 Å². The molecule has 3 nitrogen and oxygen atoms in total. The minimum absolute atomic E-state index is 0.0415. The topological polar surface area (TPSA) is 42.4 Å². The van der Waals surface area contributed by atoms with Crippen LogP contribution in [0.2, 0.25) is 0 Å². The second-order valence-corrected chi connectivity index (χ2v) is 5.43. The molecule has 2 atom stereocenters. The average molecular weight is 256 g/mol. The summed E-state index contributed by atoms with van der Waals surface area (Å²) in [6.45, 7) is 5.91. The first-order chi connectivity index (χ1) is 9.15. The minimum Gasteiger partial charge on any atom is -0.465 e. The van der Waals surface area contributed by atoms with E-state index >= 15 is 0 Å². The molecule has 0 saturated heterocycles. The van der Waals surface area contributed by atoms with Crippen LogP contribution in [0.15, 0.2) is 40.8 Å². The summed E-state index contributed by atoms with van der Waals surface area (Å²) in [5.41, 5.74) is 8.99. The van der Waals surface area contributed by atoms with Crippen molar-refractivity contribution in [1.29, 1.82) is 0 Å². The molecule has 0 fully saturated rings. The van der Waals surface area contributed by atoms with Gasteiger partial charge in [0.2, 0.25) is 0 Å². The number of hydrogen-bond donors (Lipinski definition) is 1. The van der Waals surface area contributed by atoms with Crippen molar-refractivity contribution in [3.05, 3.63) is 59.0 Å². The second kappa shape index (κ2) is 4.83. The third-order valence-corrected chi connectivity index (χ3v) is 3.81. The Bertz CT molecular complexity index is 549.